The standard InChI is InChI=1S/C11H20N4/c1-4-7-15-9-10(2)13-11(15)14(3)8-5-6-12/h4,9H,1,5-8,12H2,2-3H3. The van der Waals surface area contributed by atoms with Gasteiger partial charge in [0.15, 0.2) is 0 Å². The lowest BCUT2D eigenvalue weighted by atomic mass is 10.4. The van der Waals surface area contributed by atoms with Crippen LogP contribution in [0.15, 0.2) is 18.9 Å². The molecule has 0 aliphatic carbocycles. The van der Waals surface area contributed by atoms with Crippen LogP contribution in [0.3, 0.4) is 0 Å². The van der Waals surface area contributed by atoms with Crippen LogP contribution < -0.4 is 10.6 Å². The molecule has 0 amide bonds. The second kappa shape index (κ2) is 5.56. The second-order valence-corrected chi connectivity index (χ2v) is 3.69. The molecule has 0 aliphatic rings. The van der Waals surface area contributed by atoms with Crippen LogP contribution in [0.2, 0.25) is 0 Å². The van der Waals surface area contributed by atoms with Crippen LogP contribution in [-0.4, -0.2) is 29.7 Å². The van der Waals surface area contributed by atoms with Gasteiger partial charge in [0.05, 0.1) is 5.69 Å². The second-order valence-electron chi connectivity index (χ2n) is 3.69. The number of rotatable bonds is 6. The number of nitrogens with two attached hydrogens (primary N) is 1. The Morgan fingerprint density at radius 2 is 2.40 bits per heavy atom. The van der Waals surface area contributed by atoms with Crippen molar-refractivity contribution in [3.05, 3.63) is 24.5 Å². The summed E-state index contributed by atoms with van der Waals surface area (Å²) in [5, 5.41) is 0. The van der Waals surface area contributed by atoms with Crippen molar-refractivity contribution in [2.24, 2.45) is 5.73 Å². The first kappa shape index (κ1) is 11.8. The molecule has 2 N–H and O–H groups in total. The number of anilines is 1. The summed E-state index contributed by atoms with van der Waals surface area (Å²) in [5.41, 5.74) is 6.52. The predicted octanol–water partition coefficient (Wildman–Crippen LogP) is 1.16. The summed E-state index contributed by atoms with van der Waals surface area (Å²) in [6, 6.07) is 0. The lowest BCUT2D eigenvalue weighted by molar-refractivity contribution is 0.731. The Balaban J connectivity index is 2.76. The van der Waals surface area contributed by atoms with Gasteiger partial charge in [-0.1, -0.05) is 6.08 Å². The summed E-state index contributed by atoms with van der Waals surface area (Å²) in [6.07, 6.45) is 4.90. The van der Waals surface area contributed by atoms with Gasteiger partial charge in [-0.2, -0.15) is 0 Å². The van der Waals surface area contributed by atoms with Gasteiger partial charge in [-0.15, -0.1) is 6.58 Å². The Labute approximate surface area is 91.4 Å². The van der Waals surface area contributed by atoms with Gasteiger partial charge in [0.25, 0.3) is 0 Å². The summed E-state index contributed by atoms with van der Waals surface area (Å²) in [4.78, 5) is 6.61. The van der Waals surface area contributed by atoms with Crippen molar-refractivity contribution in [2.75, 3.05) is 25.0 Å². The monoisotopic (exact) mass is 208 g/mol. The van der Waals surface area contributed by atoms with Gasteiger partial charge in [-0.3, -0.25) is 0 Å². The molecule has 4 heteroatoms. The molecule has 0 atom stereocenters. The molecule has 0 spiro atoms. The third-order valence-corrected chi connectivity index (χ3v) is 2.24. The Hall–Kier alpha value is -1.29. The SMILES string of the molecule is C=CCn1cc(C)nc1N(C)CCCN. The van der Waals surface area contributed by atoms with Crippen LogP contribution >= 0.6 is 0 Å². The molecule has 0 radical (unpaired) electrons. The van der Waals surface area contributed by atoms with Gasteiger partial charge in [0.1, 0.15) is 0 Å². The minimum absolute atomic E-state index is 0.714. The summed E-state index contributed by atoms with van der Waals surface area (Å²) in [7, 11) is 2.04. The van der Waals surface area contributed by atoms with Crippen LogP contribution in [0.25, 0.3) is 0 Å². The molecule has 0 saturated heterocycles. The van der Waals surface area contributed by atoms with Gasteiger partial charge in [0.2, 0.25) is 5.95 Å². The predicted molar refractivity (Wildman–Crippen MR) is 64.1 cm³/mol. The highest BCUT2D eigenvalue weighted by Gasteiger charge is 2.08. The molecule has 15 heavy (non-hydrogen) atoms. The average molecular weight is 208 g/mol. The Bertz CT molecular complexity index is 316. The molecule has 84 valence electrons. The van der Waals surface area contributed by atoms with Gasteiger partial charge in [0, 0.05) is 26.3 Å². The van der Waals surface area contributed by atoms with Crippen molar-refractivity contribution in [1.82, 2.24) is 9.55 Å². The molecule has 0 aromatic carbocycles. The van der Waals surface area contributed by atoms with Crippen LogP contribution in [-0.2, 0) is 6.54 Å². The lowest BCUT2D eigenvalue weighted by Crippen LogP contribution is -2.24. The summed E-state index contributed by atoms with van der Waals surface area (Å²) in [5.74, 6) is 0.987. The number of aryl methyl sites for hydroxylation is 1. The highest BCUT2D eigenvalue weighted by Crippen LogP contribution is 2.12. The third kappa shape index (κ3) is 3.09. The molecule has 0 fully saturated rings. The van der Waals surface area contributed by atoms with Gasteiger partial charge in [-0.05, 0) is 19.9 Å². The number of aromatic nitrogens is 2. The van der Waals surface area contributed by atoms with Gasteiger partial charge in [-0.25, -0.2) is 4.98 Å². The number of hydrogen-bond acceptors (Lipinski definition) is 3. The van der Waals surface area contributed by atoms with E-state index in [0.717, 1.165) is 31.2 Å². The fourth-order valence-electron chi connectivity index (χ4n) is 1.54. The van der Waals surface area contributed by atoms with E-state index in [1.54, 1.807) is 0 Å². The zero-order chi connectivity index (χ0) is 11.3. The van der Waals surface area contributed by atoms with Gasteiger partial charge >= 0.3 is 0 Å². The largest absolute Gasteiger partial charge is 0.345 e. The minimum atomic E-state index is 0.714. The molecular weight excluding hydrogens is 188 g/mol. The normalized spacial score (nSPS) is 10.3. The van der Waals surface area contributed by atoms with E-state index in [4.69, 9.17) is 5.73 Å². The maximum Gasteiger partial charge on any atom is 0.205 e. The lowest BCUT2D eigenvalue weighted by Gasteiger charge is -2.18. The summed E-state index contributed by atoms with van der Waals surface area (Å²) in [6.45, 7) is 8.18. The van der Waals surface area contributed by atoms with E-state index in [1.807, 2.05) is 26.2 Å². The first-order chi connectivity index (χ1) is 7.19. The highest BCUT2D eigenvalue weighted by molar-refractivity contribution is 5.32. The molecule has 0 aliphatic heterocycles. The van der Waals surface area contributed by atoms with E-state index in [9.17, 15) is 0 Å². The number of hydrogen-bond donors (Lipinski definition) is 1. The summed E-state index contributed by atoms with van der Waals surface area (Å²) < 4.78 is 2.10. The molecule has 0 bridgehead atoms. The van der Waals surface area contributed by atoms with E-state index >= 15 is 0 Å². The molecule has 0 saturated carbocycles. The van der Waals surface area contributed by atoms with Crippen LogP contribution in [0.4, 0.5) is 5.95 Å². The maximum absolute atomic E-state index is 5.49. The maximum atomic E-state index is 5.49. The highest BCUT2D eigenvalue weighted by atomic mass is 15.3. The van der Waals surface area contributed by atoms with Crippen molar-refractivity contribution >= 4 is 5.95 Å². The zero-order valence-corrected chi connectivity index (χ0v) is 9.61. The average Bonchev–Trinajstić information content (AvgIpc) is 2.57. The van der Waals surface area contributed by atoms with E-state index in [1.165, 1.54) is 0 Å². The molecule has 4 nitrogen and oxygen atoms in total. The van der Waals surface area contributed by atoms with E-state index < -0.39 is 0 Å². The summed E-state index contributed by atoms with van der Waals surface area (Å²) >= 11 is 0. The third-order valence-electron chi connectivity index (χ3n) is 2.24. The van der Waals surface area contributed by atoms with E-state index in [-0.39, 0.29) is 0 Å². The quantitative estimate of drug-likeness (QED) is 0.714. The first-order valence-electron chi connectivity index (χ1n) is 5.25. The Morgan fingerprint density at radius 3 is 3.00 bits per heavy atom. The van der Waals surface area contributed by atoms with E-state index in [2.05, 4.69) is 21.0 Å². The fraction of sp³-hybridized carbons (Fsp3) is 0.545. The molecule has 1 aromatic rings. The van der Waals surface area contributed by atoms with Crippen molar-refractivity contribution < 1.29 is 0 Å². The molecular formula is C11H20N4. The Morgan fingerprint density at radius 1 is 1.67 bits per heavy atom. The van der Waals surface area contributed by atoms with Crippen molar-refractivity contribution in [3.63, 3.8) is 0 Å². The fourth-order valence-corrected chi connectivity index (χ4v) is 1.54. The number of allylic oxidation sites excluding steroid dienone is 1. The minimum Gasteiger partial charge on any atom is -0.345 e. The molecule has 0 unspecified atom stereocenters. The zero-order valence-electron chi connectivity index (χ0n) is 9.61. The van der Waals surface area contributed by atoms with Crippen molar-refractivity contribution in [3.8, 4) is 0 Å². The molecule has 1 heterocycles. The molecule has 1 aromatic heterocycles. The van der Waals surface area contributed by atoms with Crippen molar-refractivity contribution in [1.29, 1.82) is 0 Å². The van der Waals surface area contributed by atoms with E-state index in [0.29, 0.717) is 6.54 Å². The topological polar surface area (TPSA) is 47.1 Å². The van der Waals surface area contributed by atoms with Crippen LogP contribution in [0.1, 0.15) is 12.1 Å². The molecule has 1 rings (SSSR count). The Kier molecular flexibility index (Phi) is 4.37. The number of imidazole rings is 1. The van der Waals surface area contributed by atoms with Crippen LogP contribution in [0, 0.1) is 6.92 Å². The van der Waals surface area contributed by atoms with Crippen LogP contribution in [0.5, 0.6) is 0 Å². The first-order valence-corrected chi connectivity index (χ1v) is 5.25. The van der Waals surface area contributed by atoms with Crippen molar-refractivity contribution in [2.45, 2.75) is 19.9 Å². The number of nitrogens with zero attached hydrogens (tertiary/aromatic N) is 3. The van der Waals surface area contributed by atoms with Gasteiger partial charge < -0.3 is 15.2 Å². The smallest absolute Gasteiger partial charge is 0.205 e.